The lowest BCUT2D eigenvalue weighted by atomic mass is 10.1. The van der Waals surface area contributed by atoms with E-state index in [0.29, 0.717) is 28.3 Å². The Kier molecular flexibility index (Phi) is 21.7. The van der Waals surface area contributed by atoms with E-state index >= 15 is 0 Å². The van der Waals surface area contributed by atoms with Crippen LogP contribution in [0.4, 0.5) is 5.69 Å². The molecule has 2 saturated heterocycles. The van der Waals surface area contributed by atoms with Gasteiger partial charge in [0.2, 0.25) is 41.4 Å². The Morgan fingerprint density at radius 1 is 0.824 bits per heavy atom. The van der Waals surface area contributed by atoms with Crippen LogP contribution in [0.3, 0.4) is 0 Å². The van der Waals surface area contributed by atoms with Gasteiger partial charge in [0.1, 0.15) is 42.8 Å². The molecule has 404 valence electrons. The van der Waals surface area contributed by atoms with Gasteiger partial charge in [0.25, 0.3) is 5.91 Å². The number of hydrogen-bond donors (Lipinski definition) is 13. The fourth-order valence-electron chi connectivity index (χ4n) is 8.54. The lowest BCUT2D eigenvalue weighted by Crippen LogP contribution is -2.59. The van der Waals surface area contributed by atoms with Crippen molar-refractivity contribution < 1.29 is 58.5 Å². The summed E-state index contributed by atoms with van der Waals surface area (Å²) in [6.07, 6.45) is 0.116. The molecule has 3 aliphatic rings. The number of fused-ring (bicyclic) bond motifs is 1. The van der Waals surface area contributed by atoms with Crippen LogP contribution >= 0.6 is 23.1 Å². The third-order valence-corrected chi connectivity index (χ3v) is 14.2. The fraction of sp³-hybridized carbons (Fsp3) is 0.533. The molecule has 5 rings (SSSR count). The smallest absolute Gasteiger partial charge is 0.323 e. The van der Waals surface area contributed by atoms with Crippen LogP contribution in [-0.4, -0.2) is 190 Å². The number of carboxylic acid groups (broad SMARTS) is 1. The van der Waals surface area contributed by atoms with E-state index in [1.54, 1.807) is 41.8 Å². The molecule has 2 fully saturated rings. The average Bonchev–Trinajstić information content (AvgIpc) is 4.15. The second-order valence-corrected chi connectivity index (χ2v) is 19.8. The number of amides is 8. The highest BCUT2D eigenvalue weighted by molar-refractivity contribution is 7.99. The van der Waals surface area contributed by atoms with E-state index in [1.165, 1.54) is 28.0 Å². The van der Waals surface area contributed by atoms with Gasteiger partial charge in [0.05, 0.1) is 31.0 Å². The highest BCUT2D eigenvalue weighted by Crippen LogP contribution is 2.34. The Morgan fingerprint density at radius 2 is 1.51 bits per heavy atom. The number of benzene rings is 1. The summed E-state index contributed by atoms with van der Waals surface area (Å²) in [6, 6.07) is 1.30. The first kappa shape index (κ1) is 57.8. The van der Waals surface area contributed by atoms with Crippen LogP contribution in [0.25, 0.3) is 0 Å². The molecule has 0 bridgehead atoms. The number of thioether (sulfide) groups is 1. The normalized spacial score (nSPS) is 19.9. The molecule has 0 aliphatic carbocycles. The van der Waals surface area contributed by atoms with Crippen molar-refractivity contribution in [2.45, 2.75) is 105 Å². The Morgan fingerprint density at radius 3 is 2.18 bits per heavy atom. The lowest BCUT2D eigenvalue weighted by Gasteiger charge is -2.33. The number of likely N-dealkylation sites (tertiary alicyclic amines) is 2. The van der Waals surface area contributed by atoms with E-state index in [2.05, 4.69) is 36.6 Å². The van der Waals surface area contributed by atoms with Crippen molar-refractivity contribution >= 4 is 93.9 Å². The predicted octanol–water partition coefficient (Wildman–Crippen LogP) is -5.05. The van der Waals surface area contributed by atoms with E-state index in [9.17, 15) is 58.5 Å². The molecule has 8 amide bonds. The molecule has 2 aromatic rings. The second-order valence-electron chi connectivity index (χ2n) is 17.7. The van der Waals surface area contributed by atoms with Crippen molar-refractivity contribution in [3.63, 3.8) is 0 Å². The Hall–Kier alpha value is -7.08. The summed E-state index contributed by atoms with van der Waals surface area (Å²) in [7, 11) is 0. The Balaban J connectivity index is 1.21. The van der Waals surface area contributed by atoms with E-state index in [1.807, 2.05) is 0 Å². The van der Waals surface area contributed by atoms with Crippen molar-refractivity contribution in [3.8, 4) is 0 Å². The van der Waals surface area contributed by atoms with E-state index in [-0.39, 0.29) is 82.4 Å². The molecule has 4 heterocycles. The van der Waals surface area contributed by atoms with Gasteiger partial charge in [-0.05, 0) is 62.1 Å². The quantitative estimate of drug-likeness (QED) is 0.0251. The number of aliphatic imine (C=N–C) groups is 2. The van der Waals surface area contributed by atoms with E-state index in [0.717, 1.165) is 9.80 Å². The number of anilines is 1. The first-order valence-electron chi connectivity index (χ1n) is 23.8. The predicted molar refractivity (Wildman–Crippen MR) is 272 cm³/mol. The van der Waals surface area contributed by atoms with Gasteiger partial charge < -0.3 is 80.4 Å². The van der Waals surface area contributed by atoms with Gasteiger partial charge in [-0.2, -0.15) is 0 Å². The third-order valence-electron chi connectivity index (χ3n) is 12.2. The molecule has 18 N–H and O–H groups in total. The van der Waals surface area contributed by atoms with Gasteiger partial charge in [-0.25, -0.2) is 0 Å². The summed E-state index contributed by atoms with van der Waals surface area (Å²) in [4.78, 5) is 134. The minimum absolute atomic E-state index is 0.00361. The number of guanidine groups is 2. The molecule has 8 atom stereocenters. The zero-order valence-corrected chi connectivity index (χ0v) is 42.1. The fourth-order valence-corrected chi connectivity index (χ4v) is 10.4. The third kappa shape index (κ3) is 16.5. The van der Waals surface area contributed by atoms with Gasteiger partial charge in [-0.15, -0.1) is 23.1 Å². The number of carbonyl (C=O) groups excluding carboxylic acids is 8. The number of carbonyl (C=O) groups is 9. The van der Waals surface area contributed by atoms with Crippen LogP contribution in [-0.2, 0) is 49.6 Å². The maximum Gasteiger partial charge on any atom is 0.323 e. The van der Waals surface area contributed by atoms with Gasteiger partial charge in [-0.1, -0.05) is 18.2 Å². The van der Waals surface area contributed by atoms with Gasteiger partial charge in [0, 0.05) is 54.5 Å². The lowest BCUT2D eigenvalue weighted by molar-refractivity contribution is -0.148. The van der Waals surface area contributed by atoms with Gasteiger partial charge >= 0.3 is 5.97 Å². The standard InChI is InChI=1S/C45H65N15O12S2/c46-26(8-3-13-51-44(47)48)37(66)55-27(9-4-14-52-45(49)50)41(70)58-15-5-11-32(58)43(72)59-20-24(62)17-33(59)40(69)53-19-35(63)54-28(18-25-7-6-16-73-25)38(67)56-29(22-61)39(68)57-30-23-74-34-12-2-1-10-31(34)60(42(30)71)21-36(64)65/h1-2,6-7,10,12,16,24,26-30,32-33,61-62H,3-5,8-9,11,13-15,17-23,46H2,(H,53,69)(H,54,63)(H,55,66)(H,56,67)(H,57,68)(H,64,65)(H4,47,48,51)(H4,49,50,52). The number of carboxylic acids is 1. The van der Waals surface area contributed by atoms with Crippen LogP contribution in [0, 0.1) is 0 Å². The second kappa shape index (κ2) is 27.8. The monoisotopic (exact) mass is 1070 g/mol. The number of aliphatic hydroxyl groups is 2. The molecule has 27 nitrogen and oxygen atoms in total. The number of nitrogens with one attached hydrogen (secondary N) is 5. The number of nitrogens with two attached hydrogens (primary N) is 5. The SMILES string of the molecule is NC(N)=NCCCC(N)C(=O)NC(CCCN=C(N)N)C(=O)N1CCCC1C(=O)N1CC(O)CC1C(=O)NCC(=O)NC(Cc1cccs1)C(=O)NC(CO)C(=O)NC1CSc2ccccc2N(CC(=O)O)C1=O. The minimum atomic E-state index is -1.62. The highest BCUT2D eigenvalue weighted by Gasteiger charge is 2.46. The topological polar surface area (TPSA) is 439 Å². The number of aliphatic hydroxyl groups excluding tert-OH is 2. The van der Waals surface area contributed by atoms with Crippen molar-refractivity contribution in [3.05, 3.63) is 46.7 Å². The van der Waals surface area contributed by atoms with Crippen LogP contribution in [0.5, 0.6) is 0 Å². The number of nitrogens with zero attached hydrogens (tertiary/aromatic N) is 5. The largest absolute Gasteiger partial charge is 0.480 e. The van der Waals surface area contributed by atoms with E-state index < -0.39 is 121 Å². The zero-order chi connectivity index (χ0) is 54.1. The van der Waals surface area contributed by atoms with Crippen LogP contribution in [0.15, 0.2) is 56.7 Å². The van der Waals surface area contributed by atoms with Crippen molar-refractivity contribution in [2.24, 2.45) is 38.7 Å². The molecule has 0 spiro atoms. The molecule has 8 unspecified atom stereocenters. The summed E-state index contributed by atoms with van der Waals surface area (Å²) in [5.41, 5.74) is 28.1. The van der Waals surface area contributed by atoms with E-state index in [4.69, 9.17) is 28.7 Å². The number of hydrogen-bond acceptors (Lipinski definition) is 16. The summed E-state index contributed by atoms with van der Waals surface area (Å²) >= 11 is 2.47. The van der Waals surface area contributed by atoms with Crippen LogP contribution < -0.4 is 60.2 Å². The molecule has 0 radical (unpaired) electrons. The average molecular weight is 1070 g/mol. The molecule has 29 heteroatoms. The number of β-amino-alcohol motifs (C(OH)–C–C–N with tert-alkyl or cyclic N) is 1. The summed E-state index contributed by atoms with van der Waals surface area (Å²) in [5.74, 6) is -7.68. The maximum atomic E-state index is 14.3. The highest BCUT2D eigenvalue weighted by atomic mass is 32.2. The summed E-state index contributed by atoms with van der Waals surface area (Å²) in [5, 5.41) is 44.9. The summed E-state index contributed by atoms with van der Waals surface area (Å²) < 4.78 is 0. The number of para-hydroxylation sites is 1. The van der Waals surface area contributed by atoms with Gasteiger partial charge in [0.15, 0.2) is 11.9 Å². The van der Waals surface area contributed by atoms with Crippen LogP contribution in [0.2, 0.25) is 0 Å². The molecule has 0 saturated carbocycles. The Labute approximate surface area is 433 Å². The van der Waals surface area contributed by atoms with Crippen molar-refractivity contribution in [1.29, 1.82) is 0 Å². The molecule has 74 heavy (non-hydrogen) atoms. The molecule has 1 aromatic carbocycles. The number of rotatable bonds is 25. The molecule has 3 aliphatic heterocycles. The zero-order valence-electron chi connectivity index (χ0n) is 40.4. The Bertz CT molecular complexity index is 2400. The molecular weight excluding hydrogens is 1010 g/mol. The first-order chi connectivity index (χ1) is 35.3. The maximum absolute atomic E-state index is 14.3. The molecular formula is C45H65N15O12S2. The number of aliphatic carboxylic acids is 1. The molecule has 1 aromatic heterocycles. The number of thiophene rings is 1. The van der Waals surface area contributed by atoms with Gasteiger partial charge in [-0.3, -0.25) is 58.0 Å². The van der Waals surface area contributed by atoms with Crippen molar-refractivity contribution in [2.75, 3.05) is 56.5 Å². The van der Waals surface area contributed by atoms with Crippen molar-refractivity contribution in [1.82, 2.24) is 36.4 Å². The summed E-state index contributed by atoms with van der Waals surface area (Å²) in [6.45, 7) is -2.07. The van der Waals surface area contributed by atoms with Crippen LogP contribution in [0.1, 0.15) is 49.8 Å². The first-order valence-corrected chi connectivity index (χ1v) is 25.7. The minimum Gasteiger partial charge on any atom is -0.480 e.